The van der Waals surface area contributed by atoms with E-state index in [0.717, 1.165) is 30.5 Å². The van der Waals surface area contributed by atoms with Crippen molar-refractivity contribution in [3.05, 3.63) is 69.5 Å². The zero-order valence-electron chi connectivity index (χ0n) is 13.1. The molecule has 2 aromatic carbocycles. The second-order valence-corrected chi connectivity index (χ2v) is 4.96. The molecule has 134 valence electrons. The lowest BCUT2D eigenvalue weighted by atomic mass is 10.2. The summed E-state index contributed by atoms with van der Waals surface area (Å²) in [5.41, 5.74) is 1.67. The van der Waals surface area contributed by atoms with Gasteiger partial charge in [-0.2, -0.15) is 5.10 Å². The molecule has 2 amide bonds. The smallest absolute Gasteiger partial charge is 0.278 e. The number of benzene rings is 2. The number of carbonyl (C=O) groups excluding carboxylic acids is 2. The van der Waals surface area contributed by atoms with E-state index in [-0.39, 0.29) is 16.8 Å². The summed E-state index contributed by atoms with van der Waals surface area (Å²) in [6, 6.07) is 7.99. The molecule has 0 aliphatic rings. The normalized spacial score (nSPS) is 10.5. The second-order valence-electron chi connectivity index (χ2n) is 4.96. The number of nitro groups is 1. The Balaban J connectivity index is 1.91. The maximum atomic E-state index is 13.0. The van der Waals surface area contributed by atoms with Crippen LogP contribution in [0.25, 0.3) is 0 Å². The highest BCUT2D eigenvalue weighted by atomic mass is 19.1. The van der Waals surface area contributed by atoms with Crippen molar-refractivity contribution in [3.8, 4) is 5.75 Å². The van der Waals surface area contributed by atoms with E-state index in [1.54, 1.807) is 0 Å². The Kier molecular flexibility index (Phi) is 5.93. The fourth-order valence-corrected chi connectivity index (χ4v) is 1.91. The van der Waals surface area contributed by atoms with Crippen LogP contribution in [-0.2, 0) is 4.79 Å². The number of nitro benzene ring substituents is 1. The van der Waals surface area contributed by atoms with Crippen LogP contribution in [0.2, 0.25) is 0 Å². The first-order valence-corrected chi connectivity index (χ1v) is 7.18. The third-order valence-electron chi connectivity index (χ3n) is 3.08. The Bertz CT molecular complexity index is 885. The quantitative estimate of drug-likeness (QED) is 0.444. The predicted octanol–water partition coefficient (Wildman–Crippen LogP) is 0.688. The van der Waals surface area contributed by atoms with Crippen LogP contribution >= 0.6 is 0 Å². The van der Waals surface area contributed by atoms with E-state index in [0.29, 0.717) is 0 Å². The molecule has 10 heteroatoms. The fraction of sp³-hybridized carbons (Fsp3) is 0.0625. The maximum absolute atomic E-state index is 13.0. The Morgan fingerprint density at radius 2 is 2.00 bits per heavy atom. The van der Waals surface area contributed by atoms with E-state index in [9.17, 15) is 29.2 Å². The highest BCUT2D eigenvalue weighted by Crippen LogP contribution is 2.19. The lowest BCUT2D eigenvalue weighted by molar-refractivity contribution is -0.385. The van der Waals surface area contributed by atoms with Crippen LogP contribution in [-0.4, -0.2) is 29.5 Å². The highest BCUT2D eigenvalue weighted by molar-refractivity contribution is 5.96. The number of hydrogen-bond acceptors (Lipinski definition) is 6. The Morgan fingerprint density at radius 3 is 2.69 bits per heavy atom. The molecule has 2 N–H and O–H groups in total. The first-order chi connectivity index (χ1) is 12.4. The predicted molar refractivity (Wildman–Crippen MR) is 87.0 cm³/mol. The van der Waals surface area contributed by atoms with Gasteiger partial charge in [0, 0.05) is 11.6 Å². The second kappa shape index (κ2) is 8.33. The standard InChI is InChI=1S/C16H13FN4O5/c17-12-3-1-2-10(6-12)16(24)18-9-15(23)20-19-8-11-7-13(22)4-5-14(11)21(25)26/h1-8,22H,9H2,(H,18,24)(H,20,23)/p-1/b19-8-. The highest BCUT2D eigenvalue weighted by Gasteiger charge is 2.11. The lowest BCUT2D eigenvalue weighted by Gasteiger charge is -2.06. The van der Waals surface area contributed by atoms with Crippen molar-refractivity contribution in [1.82, 2.24) is 10.7 Å². The summed E-state index contributed by atoms with van der Waals surface area (Å²) in [5.74, 6) is -2.41. The van der Waals surface area contributed by atoms with Gasteiger partial charge in [0.15, 0.2) is 0 Å². The fourth-order valence-electron chi connectivity index (χ4n) is 1.91. The molecule has 0 unspecified atom stereocenters. The first kappa shape index (κ1) is 18.5. The van der Waals surface area contributed by atoms with Crippen LogP contribution in [0.15, 0.2) is 47.6 Å². The summed E-state index contributed by atoms with van der Waals surface area (Å²) < 4.78 is 13.0. The molecule has 2 aromatic rings. The largest absolute Gasteiger partial charge is 0.872 e. The summed E-state index contributed by atoms with van der Waals surface area (Å²) >= 11 is 0. The molecule has 2 rings (SSSR count). The molecule has 0 radical (unpaired) electrons. The minimum Gasteiger partial charge on any atom is -0.872 e. The molecule has 0 saturated carbocycles. The van der Waals surface area contributed by atoms with E-state index >= 15 is 0 Å². The van der Waals surface area contributed by atoms with Crippen LogP contribution in [0.5, 0.6) is 5.75 Å². The third-order valence-corrected chi connectivity index (χ3v) is 3.08. The van der Waals surface area contributed by atoms with Crippen LogP contribution in [0.1, 0.15) is 15.9 Å². The molecule has 0 saturated heterocycles. The first-order valence-electron chi connectivity index (χ1n) is 7.18. The van der Waals surface area contributed by atoms with Gasteiger partial charge < -0.3 is 10.4 Å². The van der Waals surface area contributed by atoms with Crippen LogP contribution in [0.3, 0.4) is 0 Å². The number of carbonyl (C=O) groups is 2. The molecule has 9 nitrogen and oxygen atoms in total. The summed E-state index contributed by atoms with van der Waals surface area (Å²) in [7, 11) is 0. The monoisotopic (exact) mass is 359 g/mol. The number of amides is 2. The van der Waals surface area contributed by atoms with Gasteiger partial charge in [-0.15, -0.1) is 5.75 Å². The summed E-state index contributed by atoms with van der Waals surface area (Å²) in [6.45, 7) is -0.448. The van der Waals surface area contributed by atoms with Crippen molar-refractivity contribution >= 4 is 23.7 Å². The topological polar surface area (TPSA) is 137 Å². The maximum Gasteiger partial charge on any atom is 0.278 e. The summed E-state index contributed by atoms with van der Waals surface area (Å²) in [5, 5.41) is 27.9. The number of hydrogen-bond donors (Lipinski definition) is 2. The molecule has 0 spiro atoms. The van der Waals surface area contributed by atoms with E-state index in [1.807, 2.05) is 0 Å². The summed E-state index contributed by atoms with van der Waals surface area (Å²) in [4.78, 5) is 33.5. The van der Waals surface area contributed by atoms with Gasteiger partial charge in [0.1, 0.15) is 5.82 Å². The van der Waals surface area contributed by atoms with Crippen molar-refractivity contribution in [3.63, 3.8) is 0 Å². The molecule has 26 heavy (non-hydrogen) atoms. The van der Waals surface area contributed by atoms with Gasteiger partial charge in [-0.3, -0.25) is 19.7 Å². The molecule has 0 aliphatic heterocycles. The third kappa shape index (κ3) is 5.09. The van der Waals surface area contributed by atoms with Crippen molar-refractivity contribution in [2.24, 2.45) is 5.10 Å². The molecule has 0 aromatic heterocycles. The summed E-state index contributed by atoms with van der Waals surface area (Å²) in [6.07, 6.45) is 0.950. The van der Waals surface area contributed by atoms with E-state index in [2.05, 4.69) is 15.8 Å². The lowest BCUT2D eigenvalue weighted by Crippen LogP contribution is -2.34. The number of nitrogens with one attached hydrogen (secondary N) is 2. The minimum absolute atomic E-state index is 0.0455. The average Bonchev–Trinajstić information content (AvgIpc) is 2.59. The van der Waals surface area contributed by atoms with Gasteiger partial charge in [-0.25, -0.2) is 9.82 Å². The van der Waals surface area contributed by atoms with Gasteiger partial charge in [0.05, 0.1) is 23.2 Å². The van der Waals surface area contributed by atoms with Crippen LogP contribution < -0.4 is 15.8 Å². The van der Waals surface area contributed by atoms with E-state index in [1.165, 1.54) is 18.2 Å². The van der Waals surface area contributed by atoms with Gasteiger partial charge in [-0.1, -0.05) is 18.2 Å². The molecule has 0 atom stereocenters. The molecule has 0 aliphatic carbocycles. The zero-order chi connectivity index (χ0) is 19.1. The van der Waals surface area contributed by atoms with E-state index in [4.69, 9.17) is 0 Å². The number of halogens is 1. The van der Waals surface area contributed by atoms with Gasteiger partial charge in [0.2, 0.25) is 0 Å². The Morgan fingerprint density at radius 1 is 1.23 bits per heavy atom. The van der Waals surface area contributed by atoms with Crippen molar-refractivity contribution in [2.75, 3.05) is 6.54 Å². The Labute approximate surface area is 146 Å². The van der Waals surface area contributed by atoms with Crippen molar-refractivity contribution < 1.29 is 24.0 Å². The SMILES string of the molecule is O=C(CNC(=O)c1cccc(F)c1)N/N=C\c1cc([O-])ccc1[N+](=O)[O-]. The number of hydrazone groups is 1. The zero-order valence-corrected chi connectivity index (χ0v) is 13.1. The van der Waals surface area contributed by atoms with E-state index < -0.39 is 34.8 Å². The molecular formula is C16H12FN4O5-. The Hall–Kier alpha value is -3.82. The average molecular weight is 359 g/mol. The van der Waals surface area contributed by atoms with Gasteiger partial charge in [0.25, 0.3) is 17.5 Å². The molecular weight excluding hydrogens is 347 g/mol. The minimum atomic E-state index is -0.716. The number of nitrogens with zero attached hydrogens (tertiary/aromatic N) is 2. The molecule has 0 fully saturated rings. The van der Waals surface area contributed by atoms with Gasteiger partial charge >= 0.3 is 0 Å². The van der Waals surface area contributed by atoms with Gasteiger partial charge in [-0.05, 0) is 18.2 Å². The van der Waals surface area contributed by atoms with Crippen LogP contribution in [0, 0.1) is 15.9 Å². The van der Waals surface area contributed by atoms with Crippen LogP contribution in [0.4, 0.5) is 10.1 Å². The van der Waals surface area contributed by atoms with Crippen molar-refractivity contribution in [1.29, 1.82) is 0 Å². The molecule has 0 heterocycles. The van der Waals surface area contributed by atoms with Crippen molar-refractivity contribution in [2.45, 2.75) is 0 Å². The molecule has 0 bridgehead atoms. The number of rotatable bonds is 6.